The van der Waals surface area contributed by atoms with Crippen LogP contribution in [0.2, 0.25) is 0 Å². The van der Waals surface area contributed by atoms with Gasteiger partial charge in [-0.1, -0.05) is 0 Å². The minimum atomic E-state index is 0.00112. The molecule has 0 bridgehead atoms. The summed E-state index contributed by atoms with van der Waals surface area (Å²) in [7, 11) is 5.32. The summed E-state index contributed by atoms with van der Waals surface area (Å²) >= 11 is 0. The van der Waals surface area contributed by atoms with Crippen molar-refractivity contribution >= 4 is 22.6 Å². The number of carbonyl (C=O) groups is 1. The second-order valence-electron chi connectivity index (χ2n) is 7.87. The number of hydrogen-bond acceptors (Lipinski definition) is 6. The Balaban J connectivity index is 1.28. The lowest BCUT2D eigenvalue weighted by atomic mass is 10.1. The molecule has 8 heteroatoms. The third kappa shape index (κ3) is 2.90. The van der Waals surface area contributed by atoms with Crippen LogP contribution in [0.5, 0.6) is 5.88 Å². The summed E-state index contributed by atoms with van der Waals surface area (Å²) in [4.78, 5) is 17.0. The zero-order chi connectivity index (χ0) is 20.1. The summed E-state index contributed by atoms with van der Waals surface area (Å²) in [5.74, 6) is 1.61. The topological polar surface area (TPSA) is 76.4 Å². The van der Waals surface area contributed by atoms with Crippen molar-refractivity contribution in [2.45, 2.75) is 25.3 Å². The Morgan fingerprint density at radius 3 is 2.83 bits per heavy atom. The summed E-state index contributed by atoms with van der Waals surface area (Å²) in [6.07, 6.45) is 3.29. The quantitative estimate of drug-likeness (QED) is 0.674. The van der Waals surface area contributed by atoms with Crippen molar-refractivity contribution < 1.29 is 9.53 Å². The van der Waals surface area contributed by atoms with Gasteiger partial charge in [-0.25, -0.2) is 4.68 Å². The van der Waals surface area contributed by atoms with Gasteiger partial charge in [0, 0.05) is 32.7 Å². The van der Waals surface area contributed by atoms with Gasteiger partial charge in [-0.2, -0.15) is 10.2 Å². The second-order valence-corrected chi connectivity index (χ2v) is 7.87. The molecular weight excluding hydrogens is 368 g/mol. The van der Waals surface area contributed by atoms with Gasteiger partial charge in [-0.05, 0) is 49.1 Å². The van der Waals surface area contributed by atoms with Crippen LogP contribution in [0.25, 0.3) is 10.9 Å². The van der Waals surface area contributed by atoms with Gasteiger partial charge < -0.3 is 14.5 Å². The summed E-state index contributed by atoms with van der Waals surface area (Å²) in [5.41, 5.74) is 3.85. The van der Waals surface area contributed by atoms with Gasteiger partial charge in [0.05, 0.1) is 29.7 Å². The number of rotatable bonds is 4. The van der Waals surface area contributed by atoms with Crippen LogP contribution in [0.4, 0.5) is 5.82 Å². The molecule has 1 aliphatic heterocycles. The zero-order valence-corrected chi connectivity index (χ0v) is 16.9. The van der Waals surface area contributed by atoms with Crippen molar-refractivity contribution in [3.8, 4) is 5.88 Å². The van der Waals surface area contributed by atoms with E-state index in [4.69, 9.17) is 4.74 Å². The molecule has 150 valence electrons. The minimum absolute atomic E-state index is 0.00112. The minimum Gasteiger partial charge on any atom is -0.481 e. The predicted octanol–water partition coefficient (Wildman–Crippen LogP) is 1.82. The number of carbonyl (C=O) groups excluding carboxylic acids is 1. The summed E-state index contributed by atoms with van der Waals surface area (Å²) in [6.45, 7) is 1.55. The van der Waals surface area contributed by atoms with Crippen LogP contribution in [0.3, 0.4) is 0 Å². The lowest BCUT2D eigenvalue weighted by Crippen LogP contribution is -2.60. The van der Waals surface area contributed by atoms with Crippen molar-refractivity contribution in [3.05, 3.63) is 41.1 Å². The molecule has 1 saturated heterocycles. The monoisotopic (exact) mass is 392 g/mol. The van der Waals surface area contributed by atoms with Crippen LogP contribution in [0, 0.1) is 0 Å². The molecule has 1 aliphatic carbocycles. The lowest BCUT2D eigenvalue weighted by molar-refractivity contribution is 0.0705. The van der Waals surface area contributed by atoms with Gasteiger partial charge in [0.25, 0.3) is 5.91 Å². The van der Waals surface area contributed by atoms with Gasteiger partial charge in [0.2, 0.25) is 5.88 Å². The molecule has 5 rings (SSSR count). The van der Waals surface area contributed by atoms with Gasteiger partial charge in [-0.3, -0.25) is 4.79 Å². The molecule has 0 unspecified atom stereocenters. The van der Waals surface area contributed by atoms with Gasteiger partial charge in [0.1, 0.15) is 0 Å². The number of aromatic nitrogens is 4. The van der Waals surface area contributed by atoms with Crippen LogP contribution in [-0.4, -0.2) is 64.1 Å². The van der Waals surface area contributed by atoms with Crippen LogP contribution in [-0.2, 0) is 19.9 Å². The Hall–Kier alpha value is -3.16. The van der Waals surface area contributed by atoms with E-state index in [0.717, 1.165) is 48.3 Å². The van der Waals surface area contributed by atoms with Crippen LogP contribution in [0.1, 0.15) is 28.0 Å². The van der Waals surface area contributed by atoms with Gasteiger partial charge in [-0.15, -0.1) is 5.10 Å². The van der Waals surface area contributed by atoms with Crippen LogP contribution < -0.4 is 9.64 Å². The molecule has 2 aliphatic rings. The number of nitrogens with zero attached hydrogens (tertiary/aromatic N) is 6. The largest absolute Gasteiger partial charge is 0.481 e. The average Bonchev–Trinajstić information content (AvgIpc) is 3.27. The molecule has 0 saturated carbocycles. The van der Waals surface area contributed by atoms with E-state index in [1.165, 1.54) is 12.0 Å². The number of anilines is 1. The highest BCUT2D eigenvalue weighted by atomic mass is 16.5. The van der Waals surface area contributed by atoms with E-state index in [1.807, 2.05) is 37.2 Å². The van der Waals surface area contributed by atoms with E-state index >= 15 is 0 Å². The number of benzene rings is 1. The van der Waals surface area contributed by atoms with Crippen molar-refractivity contribution in [3.63, 3.8) is 0 Å². The number of ether oxygens (including phenoxy) is 1. The van der Waals surface area contributed by atoms with E-state index in [-0.39, 0.29) is 11.9 Å². The highest BCUT2D eigenvalue weighted by Crippen LogP contribution is 2.28. The Labute approximate surface area is 169 Å². The average molecular weight is 392 g/mol. The third-order valence-electron chi connectivity index (χ3n) is 6.08. The molecule has 29 heavy (non-hydrogen) atoms. The number of likely N-dealkylation sites (N-methyl/N-ethyl adjacent to an activating group) is 1. The fraction of sp³-hybridized carbons (Fsp3) is 0.429. The molecule has 1 amide bonds. The number of amides is 1. The van der Waals surface area contributed by atoms with E-state index in [1.54, 1.807) is 11.8 Å². The number of aryl methyl sites for hydroxylation is 3. The molecule has 3 heterocycles. The fourth-order valence-electron chi connectivity index (χ4n) is 4.28. The van der Waals surface area contributed by atoms with E-state index in [9.17, 15) is 4.79 Å². The fourth-order valence-corrected chi connectivity index (χ4v) is 4.28. The maximum atomic E-state index is 13.0. The molecule has 0 spiro atoms. The Morgan fingerprint density at radius 2 is 2.03 bits per heavy atom. The first-order valence-electron chi connectivity index (χ1n) is 9.93. The molecule has 3 aromatic rings. The van der Waals surface area contributed by atoms with Crippen molar-refractivity contribution in [1.82, 2.24) is 24.9 Å². The first-order valence-corrected chi connectivity index (χ1v) is 9.93. The van der Waals surface area contributed by atoms with Crippen LogP contribution in [0.15, 0.2) is 24.3 Å². The molecule has 0 N–H and O–H groups in total. The molecule has 2 aromatic heterocycles. The Bertz CT molecular complexity index is 1100. The molecular formula is C21H24N6O2. The van der Waals surface area contributed by atoms with Crippen molar-refractivity contribution in [2.75, 3.05) is 32.1 Å². The highest BCUT2D eigenvalue weighted by molar-refractivity contribution is 5.99. The Morgan fingerprint density at radius 1 is 1.21 bits per heavy atom. The summed E-state index contributed by atoms with van der Waals surface area (Å²) in [5, 5.41) is 14.1. The second kappa shape index (κ2) is 6.72. The van der Waals surface area contributed by atoms with E-state index in [0.29, 0.717) is 11.4 Å². The smallest absolute Gasteiger partial charge is 0.254 e. The molecule has 1 aromatic carbocycles. The Kier molecular flexibility index (Phi) is 4.15. The first-order chi connectivity index (χ1) is 14.0. The standard InChI is InChI=1S/C21H24N6O2/c1-25(15-11-27(12-15)19-10-13-5-4-6-17(13)22-23-19)20(28)14-7-8-16-18(9-14)24-26(2)21(16)29-3/h7-10,15H,4-6,11-12H2,1-3H3. The van der Waals surface area contributed by atoms with Crippen molar-refractivity contribution in [2.24, 2.45) is 7.05 Å². The summed E-state index contributed by atoms with van der Waals surface area (Å²) in [6, 6.07) is 7.89. The molecule has 0 radical (unpaired) electrons. The highest BCUT2D eigenvalue weighted by Gasteiger charge is 2.34. The number of methoxy groups -OCH3 is 1. The lowest BCUT2D eigenvalue weighted by Gasteiger charge is -2.44. The maximum Gasteiger partial charge on any atom is 0.254 e. The van der Waals surface area contributed by atoms with Gasteiger partial charge in [0.15, 0.2) is 5.82 Å². The van der Waals surface area contributed by atoms with E-state index < -0.39 is 0 Å². The number of fused-ring (bicyclic) bond motifs is 2. The SMILES string of the molecule is COc1c2ccc(C(=O)N(C)C3CN(c4cc5c(nn4)CCC5)C3)cc2nn1C. The number of hydrogen-bond donors (Lipinski definition) is 0. The predicted molar refractivity (Wildman–Crippen MR) is 109 cm³/mol. The molecule has 0 atom stereocenters. The zero-order valence-electron chi connectivity index (χ0n) is 16.9. The van der Waals surface area contributed by atoms with E-state index in [2.05, 4.69) is 26.3 Å². The summed E-state index contributed by atoms with van der Waals surface area (Å²) < 4.78 is 7.07. The normalized spacial score (nSPS) is 16.0. The first kappa shape index (κ1) is 17.9. The maximum absolute atomic E-state index is 13.0. The third-order valence-corrected chi connectivity index (χ3v) is 6.08. The molecule has 8 nitrogen and oxygen atoms in total. The van der Waals surface area contributed by atoms with Crippen molar-refractivity contribution in [1.29, 1.82) is 0 Å². The van der Waals surface area contributed by atoms with Gasteiger partial charge >= 0.3 is 0 Å². The molecule has 1 fully saturated rings. The van der Waals surface area contributed by atoms with Crippen LogP contribution >= 0.6 is 0 Å².